The molecule has 0 aliphatic heterocycles. The molecule has 0 amide bonds. The van der Waals surface area contributed by atoms with Crippen molar-refractivity contribution in [2.24, 2.45) is 0 Å². The van der Waals surface area contributed by atoms with Crippen LogP contribution in [0, 0.1) is 0 Å². The number of nitrogens with one attached hydrogen (secondary N) is 1. The Kier molecular flexibility index (Phi) is 5.20. The van der Waals surface area contributed by atoms with Gasteiger partial charge in [0.15, 0.2) is 9.84 Å². The average Bonchev–Trinajstić information content (AvgIpc) is 2.28. The van der Waals surface area contributed by atoms with E-state index in [1.807, 2.05) is 25.1 Å². The van der Waals surface area contributed by atoms with Crippen molar-refractivity contribution >= 4 is 15.5 Å². The average molecular weight is 269 g/mol. The van der Waals surface area contributed by atoms with Gasteiger partial charge in [-0.05, 0) is 24.5 Å². The predicted octanol–water partition coefficient (Wildman–Crippen LogP) is 3.05. The first-order chi connectivity index (χ1) is 8.35. The number of sulfone groups is 1. The predicted molar refractivity (Wildman–Crippen MR) is 77.9 cm³/mol. The highest BCUT2D eigenvalue weighted by molar-refractivity contribution is 7.91. The molecule has 1 atom stereocenters. The zero-order valence-electron chi connectivity index (χ0n) is 11.6. The van der Waals surface area contributed by atoms with Crippen molar-refractivity contribution in [2.45, 2.75) is 39.7 Å². The molecule has 3 nitrogen and oxygen atoms in total. The third-order valence-electron chi connectivity index (χ3n) is 2.93. The molecule has 18 heavy (non-hydrogen) atoms. The van der Waals surface area contributed by atoms with E-state index >= 15 is 0 Å². The minimum Gasteiger partial charge on any atom is -0.381 e. The molecule has 0 saturated carbocycles. The van der Waals surface area contributed by atoms with Crippen molar-refractivity contribution < 1.29 is 8.42 Å². The Morgan fingerprint density at radius 3 is 2.33 bits per heavy atom. The minimum atomic E-state index is -2.93. The lowest BCUT2D eigenvalue weighted by Crippen LogP contribution is -2.27. The van der Waals surface area contributed by atoms with Crippen molar-refractivity contribution in [3.63, 3.8) is 0 Å². The van der Waals surface area contributed by atoms with Crippen molar-refractivity contribution in [1.29, 1.82) is 0 Å². The lowest BCUT2D eigenvalue weighted by Gasteiger charge is -2.19. The second-order valence-electron chi connectivity index (χ2n) is 4.99. The first-order valence-corrected chi connectivity index (χ1v) is 8.23. The lowest BCUT2D eigenvalue weighted by molar-refractivity contribution is 0.593. The molecule has 0 bridgehead atoms. The highest BCUT2D eigenvalue weighted by Crippen LogP contribution is 2.24. The van der Waals surface area contributed by atoms with Crippen LogP contribution in [0.1, 0.15) is 39.2 Å². The third kappa shape index (κ3) is 4.33. The van der Waals surface area contributed by atoms with E-state index in [0.29, 0.717) is 5.92 Å². The molecule has 0 aromatic heterocycles. The van der Waals surface area contributed by atoms with Crippen LogP contribution in [-0.4, -0.2) is 26.0 Å². The van der Waals surface area contributed by atoms with Gasteiger partial charge in [0.2, 0.25) is 0 Å². The van der Waals surface area contributed by atoms with Gasteiger partial charge in [0, 0.05) is 17.5 Å². The van der Waals surface area contributed by atoms with Crippen LogP contribution < -0.4 is 5.32 Å². The maximum Gasteiger partial charge on any atom is 0.152 e. The van der Waals surface area contributed by atoms with E-state index in [9.17, 15) is 8.42 Å². The zero-order chi connectivity index (χ0) is 13.8. The fraction of sp³-hybridized carbons (Fsp3) is 0.571. The van der Waals surface area contributed by atoms with Gasteiger partial charge in [0.05, 0.1) is 5.75 Å². The van der Waals surface area contributed by atoms with E-state index in [0.717, 1.165) is 5.69 Å². The molecule has 1 aromatic rings. The molecule has 0 aliphatic rings. The molecule has 1 N–H and O–H groups in total. The van der Waals surface area contributed by atoms with Gasteiger partial charge in [0.25, 0.3) is 0 Å². The summed E-state index contributed by atoms with van der Waals surface area (Å²) in [6.45, 7) is 7.86. The fourth-order valence-electron chi connectivity index (χ4n) is 1.94. The maximum atomic E-state index is 11.6. The van der Waals surface area contributed by atoms with Crippen LogP contribution in [0.3, 0.4) is 0 Å². The quantitative estimate of drug-likeness (QED) is 0.863. The van der Waals surface area contributed by atoms with Crippen LogP contribution in [-0.2, 0) is 9.84 Å². The van der Waals surface area contributed by atoms with Crippen LogP contribution in [0.2, 0.25) is 0 Å². The third-order valence-corrected chi connectivity index (χ3v) is 4.82. The highest BCUT2D eigenvalue weighted by atomic mass is 32.2. The molecule has 0 heterocycles. The smallest absolute Gasteiger partial charge is 0.152 e. The molecule has 102 valence electrons. The van der Waals surface area contributed by atoms with Crippen molar-refractivity contribution in [3.05, 3.63) is 29.8 Å². The van der Waals surface area contributed by atoms with E-state index in [1.54, 1.807) is 6.92 Å². The van der Waals surface area contributed by atoms with Crippen LogP contribution in [0.5, 0.6) is 0 Å². The molecular formula is C14H23NO2S. The van der Waals surface area contributed by atoms with Crippen LogP contribution in [0.15, 0.2) is 24.3 Å². The van der Waals surface area contributed by atoms with E-state index in [1.165, 1.54) is 5.56 Å². The van der Waals surface area contributed by atoms with Gasteiger partial charge in [-0.2, -0.15) is 0 Å². The Morgan fingerprint density at radius 2 is 1.78 bits per heavy atom. The van der Waals surface area contributed by atoms with Gasteiger partial charge in [-0.1, -0.05) is 39.0 Å². The maximum absolute atomic E-state index is 11.6. The van der Waals surface area contributed by atoms with Crippen LogP contribution in [0.25, 0.3) is 0 Å². The number of hydrogen-bond acceptors (Lipinski definition) is 3. The van der Waals surface area contributed by atoms with E-state index in [2.05, 4.69) is 25.2 Å². The Labute approximate surface area is 111 Å². The van der Waals surface area contributed by atoms with Crippen LogP contribution in [0.4, 0.5) is 5.69 Å². The molecule has 4 heteroatoms. The minimum absolute atomic E-state index is 0.0742. The molecule has 0 fully saturated rings. The van der Waals surface area contributed by atoms with Gasteiger partial charge in [-0.25, -0.2) is 8.42 Å². The van der Waals surface area contributed by atoms with E-state index in [-0.39, 0.29) is 17.5 Å². The fourth-order valence-corrected chi connectivity index (χ4v) is 3.02. The second-order valence-corrected chi connectivity index (χ2v) is 7.38. The number of rotatable bonds is 6. The Balaban J connectivity index is 2.79. The summed E-state index contributed by atoms with van der Waals surface area (Å²) in [5, 5.41) is 3.30. The Hall–Kier alpha value is -1.03. The summed E-state index contributed by atoms with van der Waals surface area (Å²) in [5.74, 6) is 0.796. The zero-order valence-corrected chi connectivity index (χ0v) is 12.4. The molecule has 1 aromatic carbocycles. The largest absolute Gasteiger partial charge is 0.381 e. The van der Waals surface area contributed by atoms with Gasteiger partial charge in [-0.15, -0.1) is 0 Å². The van der Waals surface area contributed by atoms with E-state index < -0.39 is 9.84 Å². The molecule has 1 unspecified atom stereocenters. The summed E-state index contributed by atoms with van der Waals surface area (Å²) in [6, 6.07) is 7.98. The van der Waals surface area contributed by atoms with Gasteiger partial charge in [-0.3, -0.25) is 0 Å². The summed E-state index contributed by atoms with van der Waals surface area (Å²) >= 11 is 0. The van der Waals surface area contributed by atoms with Gasteiger partial charge >= 0.3 is 0 Å². The number of hydrogen-bond donors (Lipinski definition) is 1. The molecule has 0 saturated heterocycles. The van der Waals surface area contributed by atoms with Crippen LogP contribution >= 0.6 is 0 Å². The monoisotopic (exact) mass is 269 g/mol. The first kappa shape index (κ1) is 15.0. The standard InChI is InChI=1S/C14H23NO2S/c1-5-18(16,17)10-12(4)15-14-9-7-6-8-13(14)11(2)3/h6-9,11-12,15H,5,10H2,1-4H3. The summed E-state index contributed by atoms with van der Waals surface area (Å²) in [4.78, 5) is 0. The van der Waals surface area contributed by atoms with Gasteiger partial charge in [0.1, 0.15) is 0 Å². The van der Waals surface area contributed by atoms with Crippen molar-refractivity contribution in [1.82, 2.24) is 0 Å². The first-order valence-electron chi connectivity index (χ1n) is 6.41. The van der Waals surface area contributed by atoms with Crippen molar-refractivity contribution in [3.8, 4) is 0 Å². The Bertz CT molecular complexity index is 480. The summed E-state index contributed by atoms with van der Waals surface area (Å²) < 4.78 is 23.2. The molecule has 0 radical (unpaired) electrons. The molecule has 0 spiro atoms. The number of benzene rings is 1. The van der Waals surface area contributed by atoms with Gasteiger partial charge < -0.3 is 5.32 Å². The SMILES string of the molecule is CCS(=O)(=O)CC(C)Nc1ccccc1C(C)C. The highest BCUT2D eigenvalue weighted by Gasteiger charge is 2.15. The number of anilines is 1. The topological polar surface area (TPSA) is 46.2 Å². The molecule has 1 rings (SSSR count). The second kappa shape index (κ2) is 6.23. The summed E-state index contributed by atoms with van der Waals surface area (Å²) in [7, 11) is -2.93. The number of para-hydroxylation sites is 1. The molecular weight excluding hydrogens is 246 g/mol. The molecule has 0 aliphatic carbocycles. The van der Waals surface area contributed by atoms with E-state index in [4.69, 9.17) is 0 Å². The van der Waals surface area contributed by atoms with Crippen molar-refractivity contribution in [2.75, 3.05) is 16.8 Å². The lowest BCUT2D eigenvalue weighted by atomic mass is 10.0. The summed E-state index contributed by atoms with van der Waals surface area (Å²) in [5.41, 5.74) is 2.25. The Morgan fingerprint density at radius 1 is 1.17 bits per heavy atom. The summed E-state index contributed by atoms with van der Waals surface area (Å²) in [6.07, 6.45) is 0. The normalized spacial score (nSPS) is 13.6.